The van der Waals surface area contributed by atoms with Gasteiger partial charge in [0.1, 0.15) is 5.58 Å². The molecule has 2 aromatic carbocycles. The van der Waals surface area contributed by atoms with E-state index in [1.165, 1.54) is 11.3 Å². The predicted molar refractivity (Wildman–Crippen MR) is 110 cm³/mol. The average Bonchev–Trinajstić information content (AvgIpc) is 3.16. The van der Waals surface area contributed by atoms with E-state index in [1.807, 2.05) is 19.1 Å². The Kier molecular flexibility index (Phi) is 4.14. The summed E-state index contributed by atoms with van der Waals surface area (Å²) in [5.74, 6) is 0. The van der Waals surface area contributed by atoms with Gasteiger partial charge in [-0.2, -0.15) is 0 Å². The average molecular weight is 370 g/mol. The molecular weight excluding hydrogens is 348 g/mol. The molecule has 0 radical (unpaired) electrons. The van der Waals surface area contributed by atoms with E-state index in [1.54, 1.807) is 6.07 Å². The van der Waals surface area contributed by atoms with Gasteiger partial charge in [0.25, 0.3) is 0 Å². The van der Waals surface area contributed by atoms with Crippen molar-refractivity contribution in [1.29, 1.82) is 0 Å². The van der Waals surface area contributed by atoms with Crippen LogP contribution in [0.1, 0.15) is 28.4 Å². The summed E-state index contributed by atoms with van der Waals surface area (Å²) in [5.41, 5.74) is 5.05. The number of fused-ring (bicyclic) bond motifs is 2. The maximum absolute atomic E-state index is 12.2. The quantitative estimate of drug-likeness (QED) is 0.498. The van der Waals surface area contributed by atoms with Crippen LogP contribution in [0.2, 0.25) is 0 Å². The second-order valence-electron chi connectivity index (χ2n) is 7.50. The van der Waals surface area contributed by atoms with E-state index < -0.39 is 0 Å². The molecule has 28 heavy (non-hydrogen) atoms. The summed E-state index contributed by atoms with van der Waals surface area (Å²) in [4.78, 5) is 14.6. The van der Waals surface area contributed by atoms with Gasteiger partial charge in [-0.1, -0.05) is 42.5 Å². The molecule has 4 heteroatoms. The highest BCUT2D eigenvalue weighted by molar-refractivity contribution is 5.80. The van der Waals surface area contributed by atoms with Gasteiger partial charge in [-0.25, -0.2) is 4.79 Å². The minimum absolute atomic E-state index is 0.165. The lowest BCUT2D eigenvalue weighted by molar-refractivity contribution is 0.175. The number of aromatic nitrogens is 1. The number of hydrogen-bond acceptors (Lipinski definition) is 3. The Morgan fingerprint density at radius 3 is 2.71 bits per heavy atom. The molecule has 1 aliphatic heterocycles. The lowest BCUT2D eigenvalue weighted by atomic mass is 9.98. The summed E-state index contributed by atoms with van der Waals surface area (Å²) < 4.78 is 7.78. The van der Waals surface area contributed by atoms with Crippen LogP contribution in [0.15, 0.2) is 82.1 Å². The van der Waals surface area contributed by atoms with Gasteiger partial charge in [-0.15, -0.1) is 0 Å². The number of rotatable bonds is 3. The highest BCUT2D eigenvalue weighted by Gasteiger charge is 2.29. The van der Waals surface area contributed by atoms with Crippen molar-refractivity contribution in [1.82, 2.24) is 9.47 Å². The first-order chi connectivity index (χ1) is 13.7. The first-order valence-electron chi connectivity index (χ1n) is 9.66. The van der Waals surface area contributed by atoms with Crippen LogP contribution < -0.4 is 5.63 Å². The molecule has 0 aliphatic carbocycles. The predicted octanol–water partition coefficient (Wildman–Crippen LogP) is 4.51. The molecule has 5 rings (SSSR count). The van der Waals surface area contributed by atoms with Crippen LogP contribution in [0.5, 0.6) is 0 Å². The standard InChI is InChI=1S/C24H22N2O2/c1-17-9-10-20-19(15-23(27)28-22(20)14-17)16-26-13-12-25-11-5-8-21(25)24(26)18-6-3-2-4-7-18/h2-11,14-15,24H,12-13,16H2,1H3. The van der Waals surface area contributed by atoms with Gasteiger partial charge in [0.2, 0.25) is 0 Å². The molecule has 1 unspecified atom stereocenters. The summed E-state index contributed by atoms with van der Waals surface area (Å²) in [6.45, 7) is 4.59. The lowest BCUT2D eigenvalue weighted by Crippen LogP contribution is -2.38. The van der Waals surface area contributed by atoms with E-state index in [0.717, 1.165) is 29.6 Å². The van der Waals surface area contributed by atoms with Gasteiger partial charge < -0.3 is 8.98 Å². The summed E-state index contributed by atoms with van der Waals surface area (Å²) in [6.07, 6.45) is 2.15. The minimum Gasteiger partial charge on any atom is -0.423 e. The Morgan fingerprint density at radius 2 is 1.86 bits per heavy atom. The zero-order valence-corrected chi connectivity index (χ0v) is 15.8. The first kappa shape index (κ1) is 17.0. The third-order valence-electron chi connectivity index (χ3n) is 5.61. The largest absolute Gasteiger partial charge is 0.423 e. The number of benzene rings is 2. The Hall–Kier alpha value is -3.11. The molecule has 0 fully saturated rings. The van der Waals surface area contributed by atoms with Gasteiger partial charge in [0.15, 0.2) is 0 Å². The molecule has 0 saturated carbocycles. The lowest BCUT2D eigenvalue weighted by Gasteiger charge is -2.37. The van der Waals surface area contributed by atoms with Crippen LogP contribution in [0, 0.1) is 6.92 Å². The molecule has 3 heterocycles. The molecule has 0 bridgehead atoms. The first-order valence-corrected chi connectivity index (χ1v) is 9.66. The second-order valence-corrected chi connectivity index (χ2v) is 7.50. The molecule has 4 aromatic rings. The summed E-state index contributed by atoms with van der Waals surface area (Å²) in [7, 11) is 0. The van der Waals surface area contributed by atoms with Crippen LogP contribution in [-0.2, 0) is 13.1 Å². The second kappa shape index (κ2) is 6.80. The van der Waals surface area contributed by atoms with E-state index in [4.69, 9.17) is 4.42 Å². The summed E-state index contributed by atoms with van der Waals surface area (Å²) in [5, 5.41) is 1.01. The molecule has 0 amide bonds. The molecule has 0 N–H and O–H groups in total. The molecule has 4 nitrogen and oxygen atoms in total. The number of nitrogens with zero attached hydrogens (tertiary/aromatic N) is 2. The minimum atomic E-state index is -0.287. The molecular formula is C24H22N2O2. The topological polar surface area (TPSA) is 38.4 Å². The fourth-order valence-corrected chi connectivity index (χ4v) is 4.31. The van der Waals surface area contributed by atoms with E-state index in [2.05, 4.69) is 64.2 Å². The van der Waals surface area contributed by atoms with Crippen molar-refractivity contribution < 1.29 is 4.42 Å². The zero-order chi connectivity index (χ0) is 19.1. The van der Waals surface area contributed by atoms with Crippen molar-refractivity contribution in [2.75, 3.05) is 6.54 Å². The fourth-order valence-electron chi connectivity index (χ4n) is 4.31. The van der Waals surface area contributed by atoms with Crippen molar-refractivity contribution in [2.24, 2.45) is 0 Å². The van der Waals surface area contributed by atoms with Gasteiger partial charge >= 0.3 is 5.63 Å². The van der Waals surface area contributed by atoms with Gasteiger partial charge in [0.05, 0.1) is 6.04 Å². The molecule has 140 valence electrons. The Balaban J connectivity index is 1.60. The van der Waals surface area contributed by atoms with Crippen molar-refractivity contribution >= 4 is 11.0 Å². The highest BCUT2D eigenvalue weighted by atomic mass is 16.4. The SMILES string of the molecule is Cc1ccc2c(CN3CCn4cccc4C3c3ccccc3)cc(=O)oc2c1. The normalized spacial score (nSPS) is 17.0. The van der Waals surface area contributed by atoms with E-state index in [9.17, 15) is 4.79 Å². The molecule has 1 atom stereocenters. The molecule has 0 saturated heterocycles. The highest BCUT2D eigenvalue weighted by Crippen LogP contribution is 2.34. The van der Waals surface area contributed by atoms with Crippen LogP contribution in [0.25, 0.3) is 11.0 Å². The van der Waals surface area contributed by atoms with Crippen molar-refractivity contribution in [3.05, 3.63) is 106 Å². The maximum Gasteiger partial charge on any atom is 0.336 e. The summed E-state index contributed by atoms with van der Waals surface area (Å²) >= 11 is 0. The Bertz CT molecular complexity index is 1190. The van der Waals surface area contributed by atoms with E-state index >= 15 is 0 Å². The summed E-state index contributed by atoms with van der Waals surface area (Å²) in [6, 6.07) is 22.8. The van der Waals surface area contributed by atoms with Crippen molar-refractivity contribution in [2.45, 2.75) is 26.1 Å². The van der Waals surface area contributed by atoms with Gasteiger partial charge in [-0.05, 0) is 41.8 Å². The van der Waals surface area contributed by atoms with Crippen molar-refractivity contribution in [3.63, 3.8) is 0 Å². The smallest absolute Gasteiger partial charge is 0.336 e. The molecule has 2 aromatic heterocycles. The fraction of sp³-hybridized carbons (Fsp3) is 0.208. The van der Waals surface area contributed by atoms with Gasteiger partial charge in [0, 0.05) is 43.0 Å². The van der Waals surface area contributed by atoms with E-state index in [0.29, 0.717) is 12.1 Å². The van der Waals surface area contributed by atoms with E-state index in [-0.39, 0.29) is 11.7 Å². The third-order valence-corrected chi connectivity index (χ3v) is 5.61. The maximum atomic E-state index is 12.2. The molecule has 0 spiro atoms. The van der Waals surface area contributed by atoms with Crippen LogP contribution in [0.3, 0.4) is 0 Å². The Labute approximate surface area is 163 Å². The van der Waals surface area contributed by atoms with Crippen LogP contribution >= 0.6 is 0 Å². The Morgan fingerprint density at radius 1 is 1.00 bits per heavy atom. The number of aryl methyl sites for hydroxylation is 1. The van der Waals surface area contributed by atoms with Crippen LogP contribution in [-0.4, -0.2) is 16.0 Å². The number of hydrogen-bond donors (Lipinski definition) is 0. The van der Waals surface area contributed by atoms with Gasteiger partial charge in [-0.3, -0.25) is 4.90 Å². The monoisotopic (exact) mass is 370 g/mol. The molecule has 1 aliphatic rings. The zero-order valence-electron chi connectivity index (χ0n) is 15.8. The van der Waals surface area contributed by atoms with Crippen LogP contribution in [0.4, 0.5) is 0 Å². The van der Waals surface area contributed by atoms with Crippen molar-refractivity contribution in [3.8, 4) is 0 Å². The third kappa shape index (κ3) is 2.96.